The highest BCUT2D eigenvalue weighted by atomic mass is 32.2. The third-order valence-corrected chi connectivity index (χ3v) is 6.08. The molecule has 0 aliphatic carbocycles. The van der Waals surface area contributed by atoms with Gasteiger partial charge in [-0.3, -0.25) is 9.59 Å². The summed E-state index contributed by atoms with van der Waals surface area (Å²) in [4.78, 5) is 34.9. The van der Waals surface area contributed by atoms with Crippen molar-refractivity contribution in [3.8, 4) is 0 Å². The SMILES string of the molecule is NC1C(=O)N2C=C(C(=O)O)C(CSc3nnc(CC(=O)O)o3)S[C@H]12. The van der Waals surface area contributed by atoms with E-state index in [4.69, 9.17) is 15.3 Å². The van der Waals surface area contributed by atoms with Crippen molar-refractivity contribution in [1.29, 1.82) is 0 Å². The first-order valence-corrected chi connectivity index (χ1v) is 8.65. The van der Waals surface area contributed by atoms with Gasteiger partial charge in [0.1, 0.15) is 17.8 Å². The monoisotopic (exact) mass is 372 g/mol. The Labute approximate surface area is 143 Å². The van der Waals surface area contributed by atoms with Gasteiger partial charge in [-0.1, -0.05) is 11.8 Å². The number of β-lactam (4-membered cyclic amide) rings is 1. The number of nitrogens with zero attached hydrogens (tertiary/aromatic N) is 3. The van der Waals surface area contributed by atoms with E-state index in [-0.39, 0.29) is 34.4 Å². The zero-order chi connectivity index (χ0) is 17.4. The van der Waals surface area contributed by atoms with E-state index in [0.717, 1.165) is 11.8 Å². The maximum Gasteiger partial charge on any atom is 0.334 e. The number of rotatable bonds is 6. The van der Waals surface area contributed by atoms with Crippen molar-refractivity contribution in [3.63, 3.8) is 0 Å². The van der Waals surface area contributed by atoms with Crippen LogP contribution < -0.4 is 5.73 Å². The fraction of sp³-hybridized carbons (Fsp3) is 0.417. The number of aromatic nitrogens is 2. The molecule has 1 aromatic heterocycles. The molecule has 12 heteroatoms. The molecule has 3 rings (SSSR count). The summed E-state index contributed by atoms with van der Waals surface area (Å²) in [6.45, 7) is 0. The van der Waals surface area contributed by atoms with Gasteiger partial charge in [-0.2, -0.15) is 0 Å². The van der Waals surface area contributed by atoms with E-state index >= 15 is 0 Å². The van der Waals surface area contributed by atoms with Crippen LogP contribution in [0.1, 0.15) is 5.89 Å². The zero-order valence-corrected chi connectivity index (χ0v) is 13.6. The van der Waals surface area contributed by atoms with Crippen LogP contribution in [0.25, 0.3) is 0 Å². The summed E-state index contributed by atoms with van der Waals surface area (Å²) in [6, 6.07) is -0.639. The van der Waals surface area contributed by atoms with Crippen molar-refractivity contribution in [2.75, 3.05) is 5.75 Å². The highest BCUT2D eigenvalue weighted by molar-refractivity contribution is 8.03. The van der Waals surface area contributed by atoms with Gasteiger partial charge in [0.25, 0.3) is 5.22 Å². The predicted molar refractivity (Wildman–Crippen MR) is 82.1 cm³/mol. The molecule has 0 radical (unpaired) electrons. The topological polar surface area (TPSA) is 160 Å². The van der Waals surface area contributed by atoms with Crippen LogP contribution >= 0.6 is 23.5 Å². The van der Waals surface area contributed by atoms with E-state index in [1.807, 2.05) is 0 Å². The molecule has 1 aromatic rings. The van der Waals surface area contributed by atoms with Gasteiger partial charge < -0.3 is 25.3 Å². The molecule has 1 fully saturated rings. The van der Waals surface area contributed by atoms with E-state index in [0.29, 0.717) is 5.75 Å². The Kier molecular flexibility index (Phi) is 4.51. The molecule has 24 heavy (non-hydrogen) atoms. The summed E-state index contributed by atoms with van der Waals surface area (Å²) in [6.07, 6.45) is 0.949. The second kappa shape index (κ2) is 6.45. The lowest BCUT2D eigenvalue weighted by molar-refractivity contribution is -0.140. The van der Waals surface area contributed by atoms with Crippen LogP contribution in [0.5, 0.6) is 0 Å². The van der Waals surface area contributed by atoms with Crippen LogP contribution in [-0.2, 0) is 20.8 Å². The number of carboxylic acid groups (broad SMARTS) is 2. The number of hydrogen-bond donors (Lipinski definition) is 3. The molecule has 1 saturated heterocycles. The number of carbonyl (C=O) groups excluding carboxylic acids is 1. The Morgan fingerprint density at radius 3 is 2.83 bits per heavy atom. The number of nitrogens with two attached hydrogens (primary N) is 1. The molecule has 2 aliphatic rings. The van der Waals surface area contributed by atoms with Gasteiger partial charge in [0.05, 0.1) is 10.8 Å². The average Bonchev–Trinajstić information content (AvgIpc) is 2.97. The summed E-state index contributed by atoms with van der Waals surface area (Å²) in [7, 11) is 0. The minimum atomic E-state index is -1.11. The van der Waals surface area contributed by atoms with Crippen LogP contribution in [0.2, 0.25) is 0 Å². The number of fused-ring (bicyclic) bond motifs is 1. The lowest BCUT2D eigenvalue weighted by Crippen LogP contribution is -2.67. The van der Waals surface area contributed by atoms with Gasteiger partial charge >= 0.3 is 11.9 Å². The average molecular weight is 372 g/mol. The minimum absolute atomic E-state index is 0.0203. The molecule has 0 bridgehead atoms. The summed E-state index contributed by atoms with van der Waals surface area (Å²) >= 11 is 2.42. The second-order valence-electron chi connectivity index (χ2n) is 5.02. The molecule has 0 saturated carbocycles. The number of hydrogen-bond acceptors (Lipinski definition) is 9. The van der Waals surface area contributed by atoms with Crippen molar-refractivity contribution >= 4 is 41.4 Å². The maximum atomic E-state index is 11.6. The first kappa shape index (κ1) is 16.8. The highest BCUT2D eigenvalue weighted by Crippen LogP contribution is 2.41. The van der Waals surface area contributed by atoms with Crippen LogP contribution in [0.3, 0.4) is 0 Å². The fourth-order valence-electron chi connectivity index (χ4n) is 2.24. The van der Waals surface area contributed by atoms with Crippen molar-refractivity contribution in [2.45, 2.75) is 28.3 Å². The molecule has 128 valence electrons. The van der Waals surface area contributed by atoms with E-state index in [9.17, 15) is 19.5 Å². The normalized spacial score (nSPS) is 25.7. The van der Waals surface area contributed by atoms with Crippen LogP contribution in [0.4, 0.5) is 0 Å². The quantitative estimate of drug-likeness (QED) is 0.431. The van der Waals surface area contributed by atoms with E-state index < -0.39 is 23.2 Å². The van der Waals surface area contributed by atoms with Crippen molar-refractivity contribution in [1.82, 2.24) is 15.1 Å². The van der Waals surface area contributed by atoms with Gasteiger partial charge in [-0.15, -0.1) is 22.0 Å². The number of thioether (sulfide) groups is 2. The number of carbonyl (C=O) groups is 3. The van der Waals surface area contributed by atoms with Crippen molar-refractivity contribution < 1.29 is 29.0 Å². The molecule has 10 nitrogen and oxygen atoms in total. The number of aliphatic carboxylic acids is 2. The van der Waals surface area contributed by atoms with Gasteiger partial charge in [-0.25, -0.2) is 4.79 Å². The summed E-state index contributed by atoms with van der Waals surface area (Å²) < 4.78 is 5.18. The molecule has 3 atom stereocenters. The first-order chi connectivity index (χ1) is 11.4. The Morgan fingerprint density at radius 1 is 1.42 bits per heavy atom. The molecule has 0 aromatic carbocycles. The van der Waals surface area contributed by atoms with Gasteiger partial charge in [-0.05, 0) is 0 Å². The summed E-state index contributed by atoms with van der Waals surface area (Å²) in [5, 5.41) is 24.8. The smallest absolute Gasteiger partial charge is 0.334 e. The Bertz CT molecular complexity index is 735. The summed E-state index contributed by atoms with van der Waals surface area (Å²) in [5.74, 6) is -2.21. The molecular weight excluding hydrogens is 360 g/mol. The van der Waals surface area contributed by atoms with Gasteiger partial charge in [0, 0.05) is 12.0 Å². The lowest BCUT2D eigenvalue weighted by atomic mass is 10.1. The first-order valence-electron chi connectivity index (χ1n) is 6.72. The number of amides is 1. The zero-order valence-electron chi connectivity index (χ0n) is 12.0. The second-order valence-corrected chi connectivity index (χ2v) is 7.31. The molecule has 2 unspecified atom stereocenters. The fourth-order valence-corrected chi connectivity index (χ4v) is 4.71. The van der Waals surface area contributed by atoms with E-state index in [1.54, 1.807) is 0 Å². The third-order valence-electron chi connectivity index (χ3n) is 3.41. The molecule has 1 amide bonds. The highest BCUT2D eigenvalue weighted by Gasteiger charge is 2.49. The minimum Gasteiger partial charge on any atom is -0.481 e. The lowest BCUT2D eigenvalue weighted by Gasteiger charge is -2.47. The van der Waals surface area contributed by atoms with Crippen LogP contribution in [-0.4, -0.2) is 65.6 Å². The summed E-state index contributed by atoms with van der Waals surface area (Å²) in [5.41, 5.74) is 5.82. The number of carboxylic acids is 2. The Hall–Kier alpha value is -2.05. The van der Waals surface area contributed by atoms with Crippen LogP contribution in [0, 0.1) is 0 Å². The van der Waals surface area contributed by atoms with E-state index in [2.05, 4.69) is 10.2 Å². The molecule has 3 heterocycles. The van der Waals surface area contributed by atoms with Crippen molar-refractivity contribution in [3.05, 3.63) is 17.7 Å². The molecule has 2 aliphatic heterocycles. The predicted octanol–water partition coefficient (Wildman–Crippen LogP) is -0.632. The van der Waals surface area contributed by atoms with Crippen LogP contribution in [0.15, 0.2) is 21.4 Å². The van der Waals surface area contributed by atoms with Gasteiger partial charge in [0.15, 0.2) is 0 Å². The van der Waals surface area contributed by atoms with Crippen molar-refractivity contribution in [2.24, 2.45) is 5.73 Å². The third kappa shape index (κ3) is 3.12. The van der Waals surface area contributed by atoms with Gasteiger partial charge in [0.2, 0.25) is 11.8 Å². The maximum absolute atomic E-state index is 11.6. The standard InChI is InChI=1S/C12H12N4O6S2/c13-8-9(19)16-2-4(11(20)21)5(24-10(8)16)3-23-12-15-14-6(22-12)1-7(17)18/h2,5,8,10H,1,3,13H2,(H,17,18)(H,20,21)/t5?,8?,10-/m1/s1. The largest absolute Gasteiger partial charge is 0.481 e. The Balaban J connectivity index is 1.67. The van der Waals surface area contributed by atoms with E-state index in [1.165, 1.54) is 22.9 Å². The molecule has 4 N–H and O–H groups in total. The Morgan fingerprint density at radius 2 is 2.17 bits per heavy atom. The molecule has 0 spiro atoms. The molecular formula is C12H12N4O6S2.